The minimum Gasteiger partial charge on any atom is -0.352 e. The highest BCUT2D eigenvalue weighted by molar-refractivity contribution is 5.98. The number of ketones is 1. The Hall–Kier alpha value is -2.42. The number of Topliss-reactive ketones (excluding diaryl/α,β-unsaturated/α-hetero) is 1. The number of carbonyl (C=O) groups is 2. The van der Waals surface area contributed by atoms with Gasteiger partial charge in [0.15, 0.2) is 0 Å². The van der Waals surface area contributed by atoms with Gasteiger partial charge in [-0.1, -0.05) is 60.7 Å². The van der Waals surface area contributed by atoms with Crippen molar-refractivity contribution in [3.05, 3.63) is 71.8 Å². The van der Waals surface area contributed by atoms with Crippen LogP contribution in [-0.4, -0.2) is 11.7 Å². The van der Waals surface area contributed by atoms with Crippen LogP contribution in [0.25, 0.3) is 0 Å². The summed E-state index contributed by atoms with van der Waals surface area (Å²) in [5.74, 6) is -0.235. The van der Waals surface area contributed by atoms with Crippen LogP contribution in [0, 0.1) is 0 Å². The molecule has 1 amide bonds. The molecule has 108 valence electrons. The minimum atomic E-state index is -0.211. The third-order valence-corrected chi connectivity index (χ3v) is 3.23. The summed E-state index contributed by atoms with van der Waals surface area (Å²) in [4.78, 5) is 23.5. The van der Waals surface area contributed by atoms with E-state index in [1.54, 1.807) is 0 Å². The zero-order chi connectivity index (χ0) is 14.9. The standard InChI is InChI=1S/C18H19NO2/c20-17(12-11-15-7-3-1-4-8-15)13-18(21)19-14-16-9-5-2-6-10-16/h1-10H,11-14H2,(H,19,21). The lowest BCUT2D eigenvalue weighted by atomic mass is 10.1. The van der Waals surface area contributed by atoms with Crippen molar-refractivity contribution in [2.24, 2.45) is 0 Å². The highest BCUT2D eigenvalue weighted by Crippen LogP contribution is 2.04. The summed E-state index contributed by atoms with van der Waals surface area (Å²) in [7, 11) is 0. The second-order valence-corrected chi connectivity index (χ2v) is 4.96. The Kier molecular flexibility index (Phi) is 5.71. The highest BCUT2D eigenvalue weighted by Gasteiger charge is 2.09. The van der Waals surface area contributed by atoms with Gasteiger partial charge in [-0.05, 0) is 17.5 Å². The average molecular weight is 281 g/mol. The quantitative estimate of drug-likeness (QED) is 0.793. The maximum Gasteiger partial charge on any atom is 0.227 e. The fraction of sp³-hybridized carbons (Fsp3) is 0.222. The molecule has 21 heavy (non-hydrogen) atoms. The first kappa shape index (κ1) is 15.0. The zero-order valence-electron chi connectivity index (χ0n) is 11.9. The van der Waals surface area contributed by atoms with Gasteiger partial charge in [0.2, 0.25) is 5.91 Å². The molecule has 1 N–H and O–H groups in total. The summed E-state index contributed by atoms with van der Waals surface area (Å²) >= 11 is 0. The Bertz CT molecular complexity index is 525. The van der Waals surface area contributed by atoms with Gasteiger partial charge in [-0.2, -0.15) is 0 Å². The molecule has 2 rings (SSSR count). The van der Waals surface area contributed by atoms with Crippen LogP contribution in [-0.2, 0) is 22.6 Å². The van der Waals surface area contributed by atoms with E-state index in [0.29, 0.717) is 19.4 Å². The fourth-order valence-electron chi connectivity index (χ4n) is 2.05. The first-order valence-electron chi connectivity index (χ1n) is 7.10. The lowest BCUT2D eigenvalue weighted by molar-refractivity contribution is -0.128. The van der Waals surface area contributed by atoms with E-state index in [1.807, 2.05) is 60.7 Å². The minimum absolute atomic E-state index is 0.0237. The van der Waals surface area contributed by atoms with Gasteiger partial charge in [-0.15, -0.1) is 0 Å². The molecule has 0 aromatic heterocycles. The Labute approximate surface area is 125 Å². The SMILES string of the molecule is O=C(CCc1ccccc1)CC(=O)NCc1ccccc1. The molecule has 2 aromatic carbocycles. The van der Waals surface area contributed by atoms with Gasteiger partial charge in [0.05, 0.1) is 6.42 Å². The number of benzene rings is 2. The molecule has 3 nitrogen and oxygen atoms in total. The number of amides is 1. The van der Waals surface area contributed by atoms with Crippen molar-refractivity contribution in [3.8, 4) is 0 Å². The van der Waals surface area contributed by atoms with Crippen LogP contribution < -0.4 is 5.32 Å². The molecule has 0 heterocycles. The predicted octanol–water partition coefficient (Wildman–Crippen LogP) is 2.89. The lowest BCUT2D eigenvalue weighted by Gasteiger charge is -2.05. The second kappa shape index (κ2) is 8.00. The molecule has 0 radical (unpaired) electrons. The largest absolute Gasteiger partial charge is 0.352 e. The van der Waals surface area contributed by atoms with E-state index in [0.717, 1.165) is 11.1 Å². The normalized spacial score (nSPS) is 10.1. The number of hydrogen-bond donors (Lipinski definition) is 1. The monoisotopic (exact) mass is 281 g/mol. The van der Waals surface area contributed by atoms with Gasteiger partial charge in [0.1, 0.15) is 5.78 Å². The molecule has 0 aliphatic carbocycles. The van der Waals surface area contributed by atoms with Crippen molar-refractivity contribution < 1.29 is 9.59 Å². The molecule has 0 unspecified atom stereocenters. The Morgan fingerprint density at radius 3 is 2.00 bits per heavy atom. The van der Waals surface area contributed by atoms with Crippen LogP contribution in [0.15, 0.2) is 60.7 Å². The second-order valence-electron chi connectivity index (χ2n) is 4.96. The van der Waals surface area contributed by atoms with Crippen LogP contribution >= 0.6 is 0 Å². The first-order chi connectivity index (χ1) is 10.2. The molecule has 3 heteroatoms. The van der Waals surface area contributed by atoms with Gasteiger partial charge in [-0.3, -0.25) is 9.59 Å². The number of carbonyl (C=O) groups excluding carboxylic acids is 2. The molecule has 0 spiro atoms. The van der Waals surface area contributed by atoms with E-state index in [4.69, 9.17) is 0 Å². The molecule has 0 saturated carbocycles. The summed E-state index contributed by atoms with van der Waals surface area (Å²) in [6.45, 7) is 0.464. The third kappa shape index (κ3) is 5.61. The first-order valence-corrected chi connectivity index (χ1v) is 7.10. The molecular formula is C18H19NO2. The van der Waals surface area contributed by atoms with Crippen molar-refractivity contribution >= 4 is 11.7 Å². The van der Waals surface area contributed by atoms with Crippen LogP contribution in [0.4, 0.5) is 0 Å². The molecule has 0 saturated heterocycles. The Morgan fingerprint density at radius 1 is 0.810 bits per heavy atom. The van der Waals surface area contributed by atoms with E-state index < -0.39 is 0 Å². The Morgan fingerprint density at radius 2 is 1.38 bits per heavy atom. The van der Waals surface area contributed by atoms with Crippen LogP contribution in [0.1, 0.15) is 24.0 Å². The fourth-order valence-corrected chi connectivity index (χ4v) is 2.05. The van der Waals surface area contributed by atoms with E-state index in [1.165, 1.54) is 0 Å². The van der Waals surface area contributed by atoms with Crippen LogP contribution in [0.5, 0.6) is 0 Å². The number of nitrogens with one attached hydrogen (secondary N) is 1. The summed E-state index contributed by atoms with van der Waals surface area (Å²) < 4.78 is 0. The predicted molar refractivity (Wildman–Crippen MR) is 82.7 cm³/mol. The Balaban J connectivity index is 1.69. The van der Waals surface area contributed by atoms with E-state index in [-0.39, 0.29) is 18.1 Å². The van der Waals surface area contributed by atoms with Gasteiger partial charge < -0.3 is 5.32 Å². The van der Waals surface area contributed by atoms with E-state index in [9.17, 15) is 9.59 Å². The van der Waals surface area contributed by atoms with Gasteiger partial charge >= 0.3 is 0 Å². The number of aryl methyl sites for hydroxylation is 1. The molecule has 2 aromatic rings. The average Bonchev–Trinajstić information content (AvgIpc) is 2.53. The highest BCUT2D eigenvalue weighted by atomic mass is 16.2. The van der Waals surface area contributed by atoms with Gasteiger partial charge in [0.25, 0.3) is 0 Å². The molecule has 0 bridgehead atoms. The van der Waals surface area contributed by atoms with E-state index >= 15 is 0 Å². The molecule has 0 aliphatic heterocycles. The molecule has 0 atom stereocenters. The van der Waals surface area contributed by atoms with Crippen molar-refractivity contribution in [2.45, 2.75) is 25.8 Å². The number of rotatable bonds is 7. The van der Waals surface area contributed by atoms with Gasteiger partial charge in [-0.25, -0.2) is 0 Å². The van der Waals surface area contributed by atoms with Crippen molar-refractivity contribution in [1.82, 2.24) is 5.32 Å². The van der Waals surface area contributed by atoms with Gasteiger partial charge in [0, 0.05) is 13.0 Å². The lowest BCUT2D eigenvalue weighted by Crippen LogP contribution is -2.25. The zero-order valence-corrected chi connectivity index (χ0v) is 11.9. The van der Waals surface area contributed by atoms with Crippen LogP contribution in [0.3, 0.4) is 0 Å². The molecule has 0 fully saturated rings. The van der Waals surface area contributed by atoms with Crippen molar-refractivity contribution in [3.63, 3.8) is 0 Å². The van der Waals surface area contributed by atoms with E-state index in [2.05, 4.69) is 5.32 Å². The summed E-state index contributed by atoms with van der Waals surface area (Å²) in [6.07, 6.45) is 1.05. The summed E-state index contributed by atoms with van der Waals surface area (Å²) in [6, 6.07) is 19.5. The number of hydrogen-bond acceptors (Lipinski definition) is 2. The molecule has 0 aliphatic rings. The summed E-state index contributed by atoms with van der Waals surface area (Å²) in [5, 5.41) is 2.77. The van der Waals surface area contributed by atoms with Crippen molar-refractivity contribution in [1.29, 1.82) is 0 Å². The topological polar surface area (TPSA) is 46.2 Å². The molecular weight excluding hydrogens is 262 g/mol. The van der Waals surface area contributed by atoms with Crippen molar-refractivity contribution in [2.75, 3.05) is 0 Å². The summed E-state index contributed by atoms with van der Waals surface area (Å²) in [5.41, 5.74) is 2.15. The van der Waals surface area contributed by atoms with Crippen LogP contribution in [0.2, 0.25) is 0 Å². The maximum atomic E-state index is 11.8. The third-order valence-electron chi connectivity index (χ3n) is 3.23. The maximum absolute atomic E-state index is 11.8. The smallest absolute Gasteiger partial charge is 0.227 e.